The van der Waals surface area contributed by atoms with E-state index in [1.165, 1.54) is 186 Å². The van der Waals surface area contributed by atoms with Crippen molar-refractivity contribution in [2.24, 2.45) is 59.2 Å². The molecule has 15 aliphatic rings. The van der Waals surface area contributed by atoms with Crippen LogP contribution in [0.4, 0.5) is 0 Å². The molecule has 464 valence electrons. The zero-order valence-electron chi connectivity index (χ0n) is 53.6. The van der Waals surface area contributed by atoms with Gasteiger partial charge in [0.25, 0.3) is 0 Å². The van der Waals surface area contributed by atoms with Crippen molar-refractivity contribution in [3.63, 3.8) is 0 Å². The Morgan fingerprint density at radius 1 is 0.207 bits per heavy atom. The van der Waals surface area contributed by atoms with E-state index >= 15 is 0 Å². The molecular formula is C77H131N5. The highest BCUT2D eigenvalue weighted by atomic mass is 15.3. The number of likely N-dealkylation sites (tertiary alicyclic amines) is 2. The molecule has 5 heteroatoms. The van der Waals surface area contributed by atoms with Crippen LogP contribution >= 0.6 is 0 Å². The molecule has 1 N–H and O–H groups in total. The van der Waals surface area contributed by atoms with Crippen LogP contribution in [-0.4, -0.2) is 104 Å². The highest BCUT2D eigenvalue weighted by Gasteiger charge is 2.57. The molecule has 0 aromatic rings. The average molecular weight is 1130 g/mol. The van der Waals surface area contributed by atoms with Gasteiger partial charge in [-0.05, 0) is 290 Å². The summed E-state index contributed by atoms with van der Waals surface area (Å²) in [6.07, 6.45) is 81.2. The van der Waals surface area contributed by atoms with Crippen LogP contribution in [0.3, 0.4) is 0 Å². The van der Waals surface area contributed by atoms with E-state index in [-0.39, 0.29) is 0 Å². The van der Waals surface area contributed by atoms with Gasteiger partial charge in [0.15, 0.2) is 0 Å². The van der Waals surface area contributed by atoms with Gasteiger partial charge in [0.1, 0.15) is 0 Å². The first-order chi connectivity index (χ1) is 40.7. The van der Waals surface area contributed by atoms with Crippen molar-refractivity contribution in [2.75, 3.05) is 0 Å². The molecule has 5 nitrogen and oxygen atoms in total. The third-order valence-corrected chi connectivity index (χ3v) is 30.6. The second-order valence-corrected chi connectivity index (χ2v) is 34.2. The fourth-order valence-electron chi connectivity index (χ4n) is 27.0. The molecule has 0 aromatic carbocycles. The Labute approximate surface area is 506 Å². The zero-order chi connectivity index (χ0) is 54.3. The van der Waals surface area contributed by atoms with Crippen LogP contribution in [0.1, 0.15) is 340 Å². The maximum absolute atomic E-state index is 4.51. The van der Waals surface area contributed by atoms with Gasteiger partial charge in [-0.1, -0.05) is 109 Å². The monoisotopic (exact) mass is 1130 g/mol. The number of piperidine rings is 1. The smallest absolute Gasteiger partial charge is 0.0134 e. The average Bonchev–Trinajstić information content (AvgIpc) is 4.12. The van der Waals surface area contributed by atoms with Crippen molar-refractivity contribution in [1.29, 1.82) is 0 Å². The summed E-state index contributed by atoms with van der Waals surface area (Å²) in [5.74, 6) is 10.2. The summed E-state index contributed by atoms with van der Waals surface area (Å²) in [7, 11) is 0. The van der Waals surface area contributed by atoms with Gasteiger partial charge >= 0.3 is 0 Å². The van der Waals surface area contributed by atoms with Crippen molar-refractivity contribution in [1.82, 2.24) is 24.9 Å². The van der Waals surface area contributed by atoms with Gasteiger partial charge in [-0.25, -0.2) is 0 Å². The van der Waals surface area contributed by atoms with E-state index in [1.54, 1.807) is 154 Å². The first-order valence-corrected chi connectivity index (χ1v) is 39.5. The second kappa shape index (κ2) is 27.1. The van der Waals surface area contributed by atoms with Crippen LogP contribution in [0.2, 0.25) is 0 Å². The van der Waals surface area contributed by atoms with E-state index in [0.29, 0.717) is 0 Å². The molecule has 12 atom stereocenters. The minimum Gasteiger partial charge on any atom is -0.311 e. The van der Waals surface area contributed by atoms with Crippen molar-refractivity contribution in [3.8, 4) is 0 Å². The van der Waals surface area contributed by atoms with Crippen LogP contribution < -0.4 is 5.32 Å². The Bertz CT molecular complexity index is 1760. The molecule has 3 aliphatic heterocycles. The van der Waals surface area contributed by atoms with Gasteiger partial charge in [-0.2, -0.15) is 0 Å². The molecule has 3 saturated heterocycles. The number of fused-ring (bicyclic) bond motifs is 6. The Balaban J connectivity index is 0.499. The van der Waals surface area contributed by atoms with Gasteiger partial charge in [0.2, 0.25) is 0 Å². The molecule has 3 heterocycles. The zero-order valence-corrected chi connectivity index (χ0v) is 53.6. The molecule has 12 saturated carbocycles. The van der Waals surface area contributed by atoms with E-state index in [2.05, 4.69) is 24.9 Å². The fourth-order valence-corrected chi connectivity index (χ4v) is 27.0. The number of rotatable bonds is 12. The van der Waals surface area contributed by atoms with E-state index < -0.39 is 0 Å². The second-order valence-electron chi connectivity index (χ2n) is 34.2. The maximum atomic E-state index is 4.51. The van der Waals surface area contributed by atoms with Gasteiger partial charge < -0.3 is 5.32 Å². The minimum atomic E-state index is 0.833. The summed E-state index contributed by atoms with van der Waals surface area (Å²) >= 11 is 0. The van der Waals surface area contributed by atoms with Crippen molar-refractivity contribution >= 4 is 0 Å². The molecule has 12 aliphatic carbocycles. The standard InChI is InChI=1S/C77H131N5/c1-5-18-60(19-6-1)79(61-20-7-2-8-21-61)66-48-50-76-70(52-66)68-26-13-15-30-74(68)81(76)64-44-40-56(41-45-64)54-32-36-58(37-33-54)72-28-17-29-73(78-72)59-38-34-55(35-39-59)57-42-46-65(47-43-57)82-75-31-16-14-27-69(75)71-53-67(49-51-77(71)82)80(62-22-9-3-10-23-62)63-24-11-4-12-25-63/h54-78H,1-53H2. The highest BCUT2D eigenvalue weighted by Crippen LogP contribution is 2.56. The van der Waals surface area contributed by atoms with Gasteiger partial charge in [0, 0.05) is 84.6 Å². The lowest BCUT2D eigenvalue weighted by Gasteiger charge is -2.50. The Morgan fingerprint density at radius 3 is 0.854 bits per heavy atom. The van der Waals surface area contributed by atoms with Crippen LogP contribution in [0.5, 0.6) is 0 Å². The fraction of sp³-hybridized carbons (Fsp3) is 1.00. The van der Waals surface area contributed by atoms with Gasteiger partial charge in [-0.3, -0.25) is 19.6 Å². The topological polar surface area (TPSA) is 25.0 Å². The summed E-state index contributed by atoms with van der Waals surface area (Å²) < 4.78 is 0. The third-order valence-electron chi connectivity index (χ3n) is 30.6. The maximum Gasteiger partial charge on any atom is 0.0134 e. The molecule has 0 radical (unpaired) electrons. The molecule has 15 fully saturated rings. The first-order valence-electron chi connectivity index (χ1n) is 39.5. The summed E-state index contributed by atoms with van der Waals surface area (Å²) in [5, 5.41) is 4.51. The van der Waals surface area contributed by atoms with E-state index in [1.807, 2.05) is 0 Å². The van der Waals surface area contributed by atoms with Crippen LogP contribution in [0.15, 0.2) is 0 Å². The summed E-state index contributed by atoms with van der Waals surface area (Å²) in [4.78, 5) is 13.3. The lowest BCUT2D eigenvalue weighted by Crippen LogP contribution is -2.55. The molecule has 0 bridgehead atoms. The van der Waals surface area contributed by atoms with E-state index in [4.69, 9.17) is 0 Å². The Kier molecular flexibility index (Phi) is 19.2. The predicted octanol–water partition coefficient (Wildman–Crippen LogP) is 19.0. The van der Waals surface area contributed by atoms with Crippen LogP contribution in [0, 0.1) is 59.2 Å². The van der Waals surface area contributed by atoms with Crippen molar-refractivity contribution in [2.45, 2.75) is 425 Å². The summed E-state index contributed by atoms with van der Waals surface area (Å²) in [5.41, 5.74) is 0. The number of nitrogens with zero attached hydrogens (tertiary/aromatic N) is 4. The number of nitrogens with one attached hydrogen (secondary N) is 1. The van der Waals surface area contributed by atoms with Crippen molar-refractivity contribution in [3.05, 3.63) is 0 Å². The number of hydrogen-bond acceptors (Lipinski definition) is 5. The third kappa shape index (κ3) is 12.2. The molecule has 0 amide bonds. The molecule has 12 unspecified atom stereocenters. The van der Waals surface area contributed by atoms with Crippen LogP contribution in [-0.2, 0) is 0 Å². The molecular weight excluding hydrogens is 995 g/mol. The molecule has 0 spiro atoms. The molecule has 82 heavy (non-hydrogen) atoms. The SMILES string of the molecule is C1CCC(N(C2CCCCC2)C2CCC3C(C2)C2CCCCC2N3C2CCC(C3CCC(C4CCCC(C5CCC(C6CCC(N7C8CCCCC8C8CC(N(C9CCCCC9)C9CCCCC9)CCC87)CC6)CC5)N4)CC3)CC2)CC1. The van der Waals surface area contributed by atoms with E-state index in [0.717, 1.165) is 144 Å². The van der Waals surface area contributed by atoms with E-state index in [9.17, 15) is 0 Å². The summed E-state index contributed by atoms with van der Waals surface area (Å²) in [6.45, 7) is 0. The molecule has 15 rings (SSSR count). The quantitative estimate of drug-likeness (QED) is 0.210. The normalized spacial score (nSPS) is 46.8. The van der Waals surface area contributed by atoms with Crippen LogP contribution in [0.25, 0.3) is 0 Å². The minimum absolute atomic E-state index is 0.833. The lowest BCUT2D eigenvalue weighted by atomic mass is 9.66. The van der Waals surface area contributed by atoms with Gasteiger partial charge in [-0.15, -0.1) is 0 Å². The van der Waals surface area contributed by atoms with Crippen molar-refractivity contribution < 1.29 is 0 Å². The Hall–Kier alpha value is -0.200. The lowest BCUT2D eigenvalue weighted by molar-refractivity contribution is -0.00862. The predicted molar refractivity (Wildman–Crippen MR) is 343 cm³/mol. The number of hydrogen-bond donors (Lipinski definition) is 1. The molecule has 0 aromatic heterocycles. The highest BCUT2D eigenvalue weighted by molar-refractivity contribution is 5.11. The Morgan fingerprint density at radius 2 is 0.500 bits per heavy atom. The summed E-state index contributed by atoms with van der Waals surface area (Å²) in [6, 6.07) is 12.8. The largest absolute Gasteiger partial charge is 0.311 e. The van der Waals surface area contributed by atoms with Gasteiger partial charge in [0.05, 0.1) is 0 Å². The first kappa shape index (κ1) is 58.2.